The van der Waals surface area contributed by atoms with Crippen molar-refractivity contribution in [2.45, 2.75) is 19.6 Å². The van der Waals surface area contributed by atoms with Crippen molar-refractivity contribution in [3.63, 3.8) is 0 Å². The van der Waals surface area contributed by atoms with Crippen LogP contribution in [0.2, 0.25) is 0 Å². The molecular formula is C20H20FN3O3S. The molecule has 0 fully saturated rings. The van der Waals surface area contributed by atoms with Crippen molar-refractivity contribution in [2.24, 2.45) is 0 Å². The Hall–Kier alpha value is -3.13. The van der Waals surface area contributed by atoms with Crippen molar-refractivity contribution in [1.82, 2.24) is 15.5 Å². The molecule has 0 aliphatic rings. The highest BCUT2D eigenvalue weighted by Crippen LogP contribution is 2.15. The van der Waals surface area contributed by atoms with Gasteiger partial charge in [0, 0.05) is 11.4 Å². The van der Waals surface area contributed by atoms with E-state index in [-0.39, 0.29) is 24.8 Å². The lowest BCUT2D eigenvalue weighted by atomic mass is 10.2. The maximum atomic E-state index is 12.9. The first kappa shape index (κ1) is 19.6. The molecule has 0 atom stereocenters. The summed E-state index contributed by atoms with van der Waals surface area (Å²) in [6.07, 6.45) is 1.56. The lowest BCUT2D eigenvalue weighted by molar-refractivity contribution is -0.131. The molecular weight excluding hydrogens is 381 g/mol. The van der Waals surface area contributed by atoms with Gasteiger partial charge in [-0.1, -0.05) is 18.2 Å². The topological polar surface area (TPSA) is 74.6 Å². The first-order chi connectivity index (χ1) is 13.6. The van der Waals surface area contributed by atoms with Crippen LogP contribution in [0.25, 0.3) is 0 Å². The number of furan rings is 1. The third-order valence-electron chi connectivity index (χ3n) is 3.97. The van der Waals surface area contributed by atoms with Crippen LogP contribution in [0.4, 0.5) is 9.18 Å². The van der Waals surface area contributed by atoms with Gasteiger partial charge >= 0.3 is 6.03 Å². The van der Waals surface area contributed by atoms with E-state index in [1.807, 2.05) is 17.5 Å². The highest BCUT2D eigenvalue weighted by Gasteiger charge is 2.17. The number of hydrogen-bond acceptors (Lipinski definition) is 4. The van der Waals surface area contributed by atoms with E-state index in [0.717, 1.165) is 10.4 Å². The van der Waals surface area contributed by atoms with Gasteiger partial charge in [-0.15, -0.1) is 11.3 Å². The van der Waals surface area contributed by atoms with Gasteiger partial charge < -0.3 is 20.0 Å². The molecule has 1 aromatic carbocycles. The number of rotatable bonds is 8. The number of carbonyl (C=O) groups is 2. The van der Waals surface area contributed by atoms with E-state index in [4.69, 9.17) is 4.42 Å². The van der Waals surface area contributed by atoms with E-state index in [0.29, 0.717) is 18.8 Å². The molecule has 0 saturated carbocycles. The maximum Gasteiger partial charge on any atom is 0.315 e. The van der Waals surface area contributed by atoms with Crippen LogP contribution in [0.3, 0.4) is 0 Å². The van der Waals surface area contributed by atoms with Crippen LogP contribution < -0.4 is 10.6 Å². The Balaban J connectivity index is 1.50. The summed E-state index contributed by atoms with van der Waals surface area (Å²) in [6.45, 7) is 0.867. The van der Waals surface area contributed by atoms with Crippen LogP contribution in [-0.2, 0) is 24.4 Å². The minimum absolute atomic E-state index is 0.138. The van der Waals surface area contributed by atoms with Gasteiger partial charge in [0.1, 0.15) is 11.6 Å². The Morgan fingerprint density at radius 2 is 1.86 bits per heavy atom. The van der Waals surface area contributed by atoms with Crippen LogP contribution in [0.5, 0.6) is 0 Å². The van der Waals surface area contributed by atoms with E-state index < -0.39 is 6.03 Å². The molecule has 0 aliphatic heterocycles. The van der Waals surface area contributed by atoms with E-state index in [1.165, 1.54) is 12.1 Å². The molecule has 0 bridgehead atoms. The molecule has 6 nitrogen and oxygen atoms in total. The summed E-state index contributed by atoms with van der Waals surface area (Å²) in [4.78, 5) is 27.2. The zero-order valence-corrected chi connectivity index (χ0v) is 15.9. The van der Waals surface area contributed by atoms with Crippen LogP contribution in [0.1, 0.15) is 16.2 Å². The van der Waals surface area contributed by atoms with Gasteiger partial charge in [0.2, 0.25) is 5.91 Å². The molecule has 3 aromatic rings. The van der Waals surface area contributed by atoms with E-state index in [9.17, 15) is 14.0 Å². The second-order valence-electron chi connectivity index (χ2n) is 6.07. The molecule has 0 saturated heterocycles. The Bertz CT molecular complexity index is 844. The third kappa shape index (κ3) is 5.95. The van der Waals surface area contributed by atoms with Crippen LogP contribution in [-0.4, -0.2) is 23.4 Å². The SMILES string of the molecule is O=C(NCC(=O)N(Cc1ccco1)Cc1cccs1)NCc1ccc(F)cc1. The molecule has 3 amide bonds. The standard InChI is InChI=1S/C20H20FN3O3S/c21-16-7-5-15(6-8-16)11-22-20(26)23-12-19(25)24(13-17-3-1-9-27-17)14-18-4-2-10-28-18/h1-10H,11-14H2,(H2,22,23,26). The number of nitrogens with one attached hydrogen (secondary N) is 2. The second-order valence-corrected chi connectivity index (χ2v) is 7.10. The highest BCUT2D eigenvalue weighted by molar-refractivity contribution is 7.09. The summed E-state index contributed by atoms with van der Waals surface area (Å²) in [7, 11) is 0. The monoisotopic (exact) mass is 401 g/mol. The first-order valence-electron chi connectivity index (χ1n) is 8.69. The molecule has 28 heavy (non-hydrogen) atoms. The Morgan fingerprint density at radius 1 is 1.04 bits per heavy atom. The molecule has 2 N–H and O–H groups in total. The minimum atomic E-state index is -0.466. The number of nitrogens with zero attached hydrogens (tertiary/aromatic N) is 1. The van der Waals surface area contributed by atoms with Crippen molar-refractivity contribution in [2.75, 3.05) is 6.54 Å². The largest absolute Gasteiger partial charge is 0.467 e. The smallest absolute Gasteiger partial charge is 0.315 e. The van der Waals surface area contributed by atoms with Crippen LogP contribution in [0.15, 0.2) is 64.6 Å². The normalized spacial score (nSPS) is 10.5. The lowest BCUT2D eigenvalue weighted by Crippen LogP contribution is -2.43. The summed E-state index contributed by atoms with van der Waals surface area (Å²) < 4.78 is 18.2. The number of thiophene rings is 1. The number of carbonyl (C=O) groups excluding carboxylic acids is 2. The fraction of sp³-hybridized carbons (Fsp3) is 0.200. The van der Waals surface area contributed by atoms with Crippen molar-refractivity contribution < 1.29 is 18.4 Å². The molecule has 146 valence electrons. The zero-order chi connectivity index (χ0) is 19.8. The molecule has 0 radical (unpaired) electrons. The highest BCUT2D eigenvalue weighted by atomic mass is 32.1. The van der Waals surface area contributed by atoms with Crippen molar-refractivity contribution in [1.29, 1.82) is 0 Å². The number of amides is 3. The van der Waals surface area contributed by atoms with Gasteiger partial charge in [-0.3, -0.25) is 4.79 Å². The van der Waals surface area contributed by atoms with E-state index >= 15 is 0 Å². The Labute approximate surface area is 166 Å². The lowest BCUT2D eigenvalue weighted by Gasteiger charge is -2.21. The van der Waals surface area contributed by atoms with E-state index in [2.05, 4.69) is 10.6 Å². The molecule has 3 rings (SSSR count). The number of urea groups is 1. The van der Waals surface area contributed by atoms with Gasteiger partial charge in [-0.05, 0) is 41.3 Å². The Kier molecular flexibility index (Phi) is 6.80. The molecule has 0 spiro atoms. The molecule has 0 aliphatic carbocycles. The Morgan fingerprint density at radius 3 is 2.54 bits per heavy atom. The van der Waals surface area contributed by atoms with Crippen molar-refractivity contribution >= 4 is 23.3 Å². The summed E-state index contributed by atoms with van der Waals surface area (Å²) in [5.74, 6) is 0.119. The van der Waals surface area contributed by atoms with Gasteiger partial charge in [0.05, 0.1) is 25.9 Å². The fourth-order valence-electron chi connectivity index (χ4n) is 2.53. The number of hydrogen-bond donors (Lipinski definition) is 2. The van der Waals surface area contributed by atoms with Crippen LogP contribution in [0, 0.1) is 5.82 Å². The van der Waals surface area contributed by atoms with Crippen molar-refractivity contribution in [3.8, 4) is 0 Å². The quantitative estimate of drug-likeness (QED) is 0.607. The number of halogens is 1. The van der Waals surface area contributed by atoms with Gasteiger partial charge in [0.15, 0.2) is 0 Å². The van der Waals surface area contributed by atoms with Gasteiger partial charge in [-0.25, -0.2) is 9.18 Å². The summed E-state index contributed by atoms with van der Waals surface area (Å²) in [6, 6.07) is 12.8. The number of benzene rings is 1. The van der Waals surface area contributed by atoms with Gasteiger partial charge in [-0.2, -0.15) is 0 Å². The van der Waals surface area contributed by atoms with E-state index in [1.54, 1.807) is 46.8 Å². The third-order valence-corrected chi connectivity index (χ3v) is 4.83. The molecule has 2 heterocycles. The second kappa shape index (κ2) is 9.70. The van der Waals surface area contributed by atoms with Crippen molar-refractivity contribution in [3.05, 3.63) is 82.2 Å². The zero-order valence-electron chi connectivity index (χ0n) is 15.1. The summed E-state index contributed by atoms with van der Waals surface area (Å²) in [5.41, 5.74) is 0.764. The molecule has 0 unspecified atom stereocenters. The summed E-state index contributed by atoms with van der Waals surface area (Å²) >= 11 is 1.56. The maximum absolute atomic E-state index is 12.9. The molecule has 8 heteroatoms. The first-order valence-corrected chi connectivity index (χ1v) is 9.57. The van der Waals surface area contributed by atoms with Gasteiger partial charge in [0.25, 0.3) is 0 Å². The predicted octanol–water partition coefficient (Wildman–Crippen LogP) is 3.51. The average Bonchev–Trinajstić information content (AvgIpc) is 3.39. The minimum Gasteiger partial charge on any atom is -0.467 e. The van der Waals surface area contributed by atoms with Crippen LogP contribution >= 0.6 is 11.3 Å². The predicted molar refractivity (Wildman–Crippen MR) is 104 cm³/mol. The fourth-order valence-corrected chi connectivity index (χ4v) is 3.25. The molecule has 2 aromatic heterocycles. The summed E-state index contributed by atoms with van der Waals surface area (Å²) in [5, 5.41) is 7.16. The average molecular weight is 401 g/mol.